The summed E-state index contributed by atoms with van der Waals surface area (Å²) >= 11 is 10.1. The standard InChI is InChI=1S/C17H11N5O2S2/c23-14-11-3-1-2-4-12(11)18-17(24)22(14)10-7-5-9(6-8-10)13-19-15(25)21-16(26)20-13/h1-8H,(H,18,24)(H2,19,20,21,25,26). The van der Waals surface area contributed by atoms with Gasteiger partial charge < -0.3 is 15.0 Å². The van der Waals surface area contributed by atoms with Crippen molar-refractivity contribution in [1.82, 2.24) is 24.5 Å². The SMILES string of the molecule is O=c1[nH]c2ccccc2c(=O)n1-c1ccc(-c2nc(=S)[nH]c(=S)[nH]2)cc1. The van der Waals surface area contributed by atoms with Crippen molar-refractivity contribution in [1.29, 1.82) is 0 Å². The first-order chi connectivity index (χ1) is 12.5. The quantitative estimate of drug-likeness (QED) is 0.464. The molecule has 0 spiro atoms. The topological polar surface area (TPSA) is 99.3 Å². The molecule has 3 N–H and O–H groups in total. The Morgan fingerprint density at radius 1 is 0.885 bits per heavy atom. The molecule has 0 atom stereocenters. The van der Waals surface area contributed by atoms with Gasteiger partial charge in [-0.25, -0.2) is 14.3 Å². The van der Waals surface area contributed by atoms with E-state index in [1.807, 2.05) is 0 Å². The van der Waals surface area contributed by atoms with E-state index in [-0.39, 0.29) is 10.3 Å². The number of nitrogens with one attached hydrogen (secondary N) is 3. The van der Waals surface area contributed by atoms with Crippen LogP contribution in [0.15, 0.2) is 58.1 Å². The Bertz CT molecular complexity index is 1340. The number of benzene rings is 2. The second kappa shape index (κ2) is 6.28. The first-order valence-electron chi connectivity index (χ1n) is 7.58. The zero-order valence-corrected chi connectivity index (χ0v) is 14.8. The van der Waals surface area contributed by atoms with Crippen LogP contribution in [0.2, 0.25) is 0 Å². The van der Waals surface area contributed by atoms with Gasteiger partial charge in [-0.3, -0.25) is 4.79 Å². The maximum atomic E-state index is 12.7. The number of fused-ring (bicyclic) bond motifs is 1. The van der Waals surface area contributed by atoms with Gasteiger partial charge in [0.05, 0.1) is 16.6 Å². The predicted molar refractivity (Wildman–Crippen MR) is 104 cm³/mol. The zero-order chi connectivity index (χ0) is 18.3. The van der Waals surface area contributed by atoms with Crippen molar-refractivity contribution in [2.75, 3.05) is 0 Å². The van der Waals surface area contributed by atoms with Crippen LogP contribution in [0, 0.1) is 9.54 Å². The molecule has 2 heterocycles. The van der Waals surface area contributed by atoms with Crippen LogP contribution in [0.4, 0.5) is 0 Å². The molecular weight excluding hydrogens is 370 g/mol. The molecule has 0 amide bonds. The number of rotatable bonds is 2. The normalized spacial score (nSPS) is 10.9. The van der Waals surface area contributed by atoms with Crippen molar-refractivity contribution >= 4 is 35.3 Å². The predicted octanol–water partition coefficient (Wildman–Crippen LogP) is 2.86. The van der Waals surface area contributed by atoms with Gasteiger partial charge in [0.25, 0.3) is 5.56 Å². The van der Waals surface area contributed by atoms with Crippen molar-refractivity contribution in [2.45, 2.75) is 0 Å². The smallest absolute Gasteiger partial charge is 0.317 e. The first-order valence-corrected chi connectivity index (χ1v) is 8.40. The third kappa shape index (κ3) is 2.83. The molecule has 0 aliphatic heterocycles. The van der Waals surface area contributed by atoms with Gasteiger partial charge in [-0.2, -0.15) is 0 Å². The Labute approximate surface area is 156 Å². The van der Waals surface area contributed by atoms with Crippen molar-refractivity contribution in [3.63, 3.8) is 0 Å². The first kappa shape index (κ1) is 16.3. The lowest BCUT2D eigenvalue weighted by Crippen LogP contribution is -2.33. The van der Waals surface area contributed by atoms with Crippen molar-refractivity contribution in [2.24, 2.45) is 0 Å². The largest absolute Gasteiger partial charge is 0.333 e. The highest BCUT2D eigenvalue weighted by Gasteiger charge is 2.09. The van der Waals surface area contributed by atoms with E-state index in [1.54, 1.807) is 48.5 Å². The monoisotopic (exact) mass is 381 g/mol. The molecule has 0 saturated heterocycles. The van der Waals surface area contributed by atoms with E-state index in [2.05, 4.69) is 19.9 Å². The molecule has 0 saturated carbocycles. The summed E-state index contributed by atoms with van der Waals surface area (Å²) in [5.41, 5.74) is 0.805. The minimum Gasteiger partial charge on any atom is -0.317 e. The fraction of sp³-hybridized carbons (Fsp3) is 0. The maximum absolute atomic E-state index is 12.7. The molecule has 2 aromatic heterocycles. The van der Waals surface area contributed by atoms with E-state index >= 15 is 0 Å². The second-order valence-electron chi connectivity index (χ2n) is 5.51. The zero-order valence-electron chi connectivity index (χ0n) is 13.1. The van der Waals surface area contributed by atoms with Crippen LogP contribution >= 0.6 is 24.4 Å². The summed E-state index contributed by atoms with van der Waals surface area (Å²) in [6, 6.07) is 13.7. The summed E-state index contributed by atoms with van der Waals surface area (Å²) in [7, 11) is 0. The molecule has 0 fully saturated rings. The highest BCUT2D eigenvalue weighted by Crippen LogP contribution is 2.16. The van der Waals surface area contributed by atoms with E-state index in [4.69, 9.17) is 24.4 Å². The van der Waals surface area contributed by atoms with Crippen LogP contribution in [0.25, 0.3) is 28.0 Å². The molecule has 7 nitrogen and oxygen atoms in total. The number of nitrogens with zero attached hydrogens (tertiary/aromatic N) is 2. The van der Waals surface area contributed by atoms with Gasteiger partial charge >= 0.3 is 5.69 Å². The van der Waals surface area contributed by atoms with Crippen molar-refractivity contribution < 1.29 is 0 Å². The number of para-hydroxylation sites is 1. The average molecular weight is 381 g/mol. The molecule has 4 rings (SSSR count). The molecular formula is C17H11N5O2S2. The molecule has 0 aliphatic carbocycles. The molecule has 128 valence electrons. The fourth-order valence-electron chi connectivity index (χ4n) is 2.70. The number of hydrogen-bond donors (Lipinski definition) is 3. The highest BCUT2D eigenvalue weighted by atomic mass is 32.1. The molecule has 0 radical (unpaired) electrons. The summed E-state index contributed by atoms with van der Waals surface area (Å²) < 4.78 is 1.74. The van der Waals surface area contributed by atoms with E-state index in [0.29, 0.717) is 27.2 Å². The molecule has 26 heavy (non-hydrogen) atoms. The lowest BCUT2D eigenvalue weighted by molar-refractivity contribution is 0.901. The Morgan fingerprint density at radius 3 is 2.35 bits per heavy atom. The van der Waals surface area contributed by atoms with Crippen LogP contribution in [-0.4, -0.2) is 24.5 Å². The molecule has 2 aromatic carbocycles. The van der Waals surface area contributed by atoms with Gasteiger partial charge in [-0.1, -0.05) is 12.1 Å². The summed E-state index contributed by atoms with van der Waals surface area (Å²) in [6.45, 7) is 0. The van der Waals surface area contributed by atoms with Crippen LogP contribution in [0.3, 0.4) is 0 Å². The fourth-order valence-corrected chi connectivity index (χ4v) is 3.15. The summed E-state index contributed by atoms with van der Waals surface area (Å²) in [6.07, 6.45) is 0. The number of hydrogen-bond acceptors (Lipinski definition) is 5. The Kier molecular flexibility index (Phi) is 3.94. The van der Waals surface area contributed by atoms with Gasteiger partial charge in [0.15, 0.2) is 4.77 Å². The van der Waals surface area contributed by atoms with Crippen LogP contribution < -0.4 is 11.2 Å². The summed E-state index contributed by atoms with van der Waals surface area (Å²) in [5.74, 6) is 0.505. The number of aromatic amines is 3. The maximum Gasteiger partial charge on any atom is 0.333 e. The average Bonchev–Trinajstić information content (AvgIpc) is 2.61. The van der Waals surface area contributed by atoms with E-state index in [0.717, 1.165) is 10.1 Å². The van der Waals surface area contributed by atoms with Gasteiger partial charge in [0.2, 0.25) is 4.77 Å². The molecule has 4 aromatic rings. The van der Waals surface area contributed by atoms with Crippen LogP contribution in [-0.2, 0) is 0 Å². The highest BCUT2D eigenvalue weighted by molar-refractivity contribution is 7.71. The third-order valence-corrected chi connectivity index (χ3v) is 4.27. The van der Waals surface area contributed by atoms with Gasteiger partial charge in [0, 0.05) is 5.56 Å². The lowest BCUT2D eigenvalue weighted by Gasteiger charge is -2.07. The van der Waals surface area contributed by atoms with E-state index in [9.17, 15) is 9.59 Å². The minimum atomic E-state index is -0.499. The number of aromatic nitrogens is 5. The molecule has 0 unspecified atom stereocenters. The molecule has 0 bridgehead atoms. The van der Waals surface area contributed by atoms with Crippen molar-refractivity contribution in [3.05, 3.63) is 78.9 Å². The van der Waals surface area contributed by atoms with E-state index in [1.165, 1.54) is 0 Å². The minimum absolute atomic E-state index is 0.273. The van der Waals surface area contributed by atoms with E-state index < -0.39 is 5.69 Å². The Morgan fingerprint density at radius 2 is 1.62 bits per heavy atom. The lowest BCUT2D eigenvalue weighted by atomic mass is 10.2. The van der Waals surface area contributed by atoms with Crippen LogP contribution in [0.5, 0.6) is 0 Å². The van der Waals surface area contributed by atoms with Gasteiger partial charge in [-0.15, -0.1) is 0 Å². The van der Waals surface area contributed by atoms with Crippen LogP contribution in [0.1, 0.15) is 0 Å². The van der Waals surface area contributed by atoms with Gasteiger partial charge in [0.1, 0.15) is 5.82 Å². The summed E-state index contributed by atoms with van der Waals surface area (Å²) in [5, 5.41) is 0.441. The van der Waals surface area contributed by atoms with Gasteiger partial charge in [-0.05, 0) is 60.8 Å². The summed E-state index contributed by atoms with van der Waals surface area (Å²) in [4.78, 5) is 37.6. The second-order valence-corrected chi connectivity index (χ2v) is 6.30. The third-order valence-electron chi connectivity index (χ3n) is 3.87. The Balaban J connectivity index is 1.87. The molecule has 9 heteroatoms. The van der Waals surface area contributed by atoms with Crippen molar-refractivity contribution in [3.8, 4) is 17.1 Å². The number of H-pyrrole nitrogens is 3. The Hall–Kier alpha value is -3.17. The molecule has 0 aliphatic rings.